The largest absolute Gasteiger partial charge is 0.478 e. The zero-order chi connectivity index (χ0) is 15.1. The first kappa shape index (κ1) is 12.9. The Labute approximate surface area is 118 Å². The van der Waals surface area contributed by atoms with Crippen LogP contribution in [0, 0.1) is 0 Å². The Balaban J connectivity index is 2.15. The Morgan fingerprint density at radius 3 is 2.86 bits per heavy atom. The quantitative estimate of drug-likeness (QED) is 0.665. The first-order chi connectivity index (χ1) is 9.97. The fraction of sp³-hybridized carbons (Fsp3) is 0.0769. The molecule has 8 heteroatoms. The molecule has 2 amide bonds. The number of anilines is 1. The number of fused-ring (bicyclic) bond motifs is 1. The van der Waals surface area contributed by atoms with Crippen LogP contribution in [0.2, 0.25) is 0 Å². The minimum atomic E-state index is -1.08. The normalized spacial score (nSPS) is 13.7. The van der Waals surface area contributed by atoms with E-state index in [2.05, 4.69) is 10.4 Å². The molecule has 2 aromatic rings. The van der Waals surface area contributed by atoms with Gasteiger partial charge in [-0.2, -0.15) is 5.10 Å². The van der Waals surface area contributed by atoms with Crippen molar-refractivity contribution < 1.29 is 19.5 Å². The van der Waals surface area contributed by atoms with Crippen LogP contribution in [0.3, 0.4) is 0 Å². The summed E-state index contributed by atoms with van der Waals surface area (Å²) in [4.78, 5) is 34.1. The SMILES string of the molecule is Nc1c2c(nn1-c1cccc(C(=O)O)c1)CC(=O)NC2=O. The molecule has 0 saturated heterocycles. The number of nitrogens with one attached hydrogen (secondary N) is 1. The molecule has 1 aliphatic rings. The molecule has 0 aliphatic carbocycles. The molecule has 0 atom stereocenters. The average molecular weight is 286 g/mol. The van der Waals surface area contributed by atoms with Crippen molar-refractivity contribution in [3.8, 4) is 5.69 Å². The maximum atomic E-state index is 11.8. The summed E-state index contributed by atoms with van der Waals surface area (Å²) < 4.78 is 1.26. The molecule has 0 saturated carbocycles. The molecule has 0 bridgehead atoms. The summed E-state index contributed by atoms with van der Waals surface area (Å²) in [6, 6.07) is 5.98. The number of nitrogens with two attached hydrogens (primary N) is 1. The molecular weight excluding hydrogens is 276 g/mol. The average Bonchev–Trinajstić information content (AvgIpc) is 2.76. The number of aromatic carboxylic acids is 1. The molecule has 4 N–H and O–H groups in total. The van der Waals surface area contributed by atoms with Crippen LogP contribution in [0.5, 0.6) is 0 Å². The maximum absolute atomic E-state index is 11.8. The lowest BCUT2D eigenvalue weighted by Crippen LogP contribution is -2.37. The highest BCUT2D eigenvalue weighted by Gasteiger charge is 2.29. The van der Waals surface area contributed by atoms with Crippen molar-refractivity contribution in [3.05, 3.63) is 41.1 Å². The van der Waals surface area contributed by atoms with Crippen molar-refractivity contribution in [2.75, 3.05) is 5.73 Å². The number of carboxylic acid groups (broad SMARTS) is 1. The van der Waals surface area contributed by atoms with E-state index in [1.807, 2.05) is 0 Å². The topological polar surface area (TPSA) is 127 Å². The van der Waals surface area contributed by atoms with Crippen LogP contribution >= 0.6 is 0 Å². The second-order valence-corrected chi connectivity index (χ2v) is 4.53. The smallest absolute Gasteiger partial charge is 0.335 e. The predicted octanol–water partition coefficient (Wildman–Crippen LogP) is -0.0348. The first-order valence-electron chi connectivity index (χ1n) is 6.02. The van der Waals surface area contributed by atoms with Crippen molar-refractivity contribution in [1.29, 1.82) is 0 Å². The minimum Gasteiger partial charge on any atom is -0.478 e. The number of nitrogens with zero attached hydrogens (tertiary/aromatic N) is 2. The van der Waals surface area contributed by atoms with Gasteiger partial charge in [-0.15, -0.1) is 0 Å². The van der Waals surface area contributed by atoms with Gasteiger partial charge in [-0.3, -0.25) is 14.9 Å². The molecule has 0 fully saturated rings. The second kappa shape index (κ2) is 4.44. The minimum absolute atomic E-state index is 0.0447. The van der Waals surface area contributed by atoms with E-state index in [0.29, 0.717) is 5.69 Å². The van der Waals surface area contributed by atoms with Gasteiger partial charge in [0.1, 0.15) is 11.4 Å². The third-order valence-corrected chi connectivity index (χ3v) is 3.14. The Kier molecular flexibility index (Phi) is 2.72. The van der Waals surface area contributed by atoms with Crippen molar-refractivity contribution in [2.24, 2.45) is 0 Å². The number of nitrogen functional groups attached to an aromatic ring is 1. The summed E-state index contributed by atoms with van der Waals surface area (Å²) in [6.07, 6.45) is -0.0447. The van der Waals surface area contributed by atoms with Crippen LogP contribution in [-0.2, 0) is 11.2 Å². The maximum Gasteiger partial charge on any atom is 0.335 e. The lowest BCUT2D eigenvalue weighted by atomic mass is 10.1. The number of aromatic nitrogens is 2. The van der Waals surface area contributed by atoms with Crippen LogP contribution in [0.4, 0.5) is 5.82 Å². The number of benzene rings is 1. The third kappa shape index (κ3) is 2.02. The highest BCUT2D eigenvalue weighted by atomic mass is 16.4. The molecule has 21 heavy (non-hydrogen) atoms. The molecule has 1 aromatic carbocycles. The van der Waals surface area contributed by atoms with E-state index in [1.54, 1.807) is 12.1 Å². The van der Waals surface area contributed by atoms with E-state index < -0.39 is 17.8 Å². The number of carboxylic acids is 1. The van der Waals surface area contributed by atoms with Crippen LogP contribution in [0.1, 0.15) is 26.4 Å². The van der Waals surface area contributed by atoms with Gasteiger partial charge >= 0.3 is 5.97 Å². The summed E-state index contributed by atoms with van der Waals surface area (Å²) in [5.41, 5.74) is 6.80. The summed E-state index contributed by atoms with van der Waals surface area (Å²) in [7, 11) is 0. The predicted molar refractivity (Wildman–Crippen MR) is 71.1 cm³/mol. The molecule has 3 rings (SSSR count). The molecule has 0 radical (unpaired) electrons. The Bertz CT molecular complexity index is 793. The summed E-state index contributed by atoms with van der Waals surface area (Å²) in [5, 5.41) is 15.3. The van der Waals surface area contributed by atoms with Gasteiger partial charge < -0.3 is 10.8 Å². The van der Waals surface area contributed by atoms with Crippen molar-refractivity contribution >= 4 is 23.6 Å². The number of amides is 2. The second-order valence-electron chi connectivity index (χ2n) is 4.53. The van der Waals surface area contributed by atoms with E-state index >= 15 is 0 Å². The monoisotopic (exact) mass is 286 g/mol. The van der Waals surface area contributed by atoms with E-state index in [-0.39, 0.29) is 29.1 Å². The number of carbonyl (C=O) groups is 3. The summed E-state index contributed by atoms with van der Waals surface area (Å²) >= 11 is 0. The molecule has 1 aliphatic heterocycles. The van der Waals surface area contributed by atoms with Gasteiger partial charge in [0, 0.05) is 0 Å². The molecule has 8 nitrogen and oxygen atoms in total. The van der Waals surface area contributed by atoms with Crippen LogP contribution in [-0.4, -0.2) is 32.7 Å². The fourth-order valence-corrected chi connectivity index (χ4v) is 2.20. The molecular formula is C13H10N4O4. The third-order valence-electron chi connectivity index (χ3n) is 3.14. The number of carbonyl (C=O) groups excluding carboxylic acids is 2. The lowest BCUT2D eigenvalue weighted by molar-refractivity contribution is -0.119. The van der Waals surface area contributed by atoms with Gasteiger partial charge in [0.05, 0.1) is 23.4 Å². The highest BCUT2D eigenvalue weighted by Crippen LogP contribution is 2.24. The van der Waals surface area contributed by atoms with Crippen molar-refractivity contribution in [2.45, 2.75) is 6.42 Å². The summed E-state index contributed by atoms with van der Waals surface area (Å²) in [5.74, 6) is -2.06. The highest BCUT2D eigenvalue weighted by molar-refractivity contribution is 6.11. The Morgan fingerprint density at radius 2 is 2.14 bits per heavy atom. The van der Waals surface area contributed by atoms with E-state index in [9.17, 15) is 14.4 Å². The fourth-order valence-electron chi connectivity index (χ4n) is 2.20. The zero-order valence-corrected chi connectivity index (χ0v) is 10.7. The van der Waals surface area contributed by atoms with Crippen LogP contribution in [0.15, 0.2) is 24.3 Å². The zero-order valence-electron chi connectivity index (χ0n) is 10.7. The summed E-state index contributed by atoms with van der Waals surface area (Å²) in [6.45, 7) is 0. The number of rotatable bonds is 2. The Morgan fingerprint density at radius 1 is 1.38 bits per heavy atom. The standard InChI is InChI=1S/C13H10N4O4/c14-11-10-8(5-9(18)15-12(10)19)16-17(11)7-3-1-2-6(4-7)13(20)21/h1-4H,5,14H2,(H,20,21)(H,15,18,19). The van der Waals surface area contributed by atoms with Crippen LogP contribution in [0.25, 0.3) is 5.69 Å². The molecule has 0 spiro atoms. The molecule has 1 aromatic heterocycles. The van der Waals surface area contributed by atoms with Crippen molar-refractivity contribution in [3.63, 3.8) is 0 Å². The molecule has 0 unspecified atom stereocenters. The van der Waals surface area contributed by atoms with E-state index in [4.69, 9.17) is 10.8 Å². The molecule has 106 valence electrons. The van der Waals surface area contributed by atoms with Gasteiger partial charge in [0.2, 0.25) is 5.91 Å². The number of hydrogen-bond acceptors (Lipinski definition) is 5. The Hall–Kier alpha value is -3.16. The number of imide groups is 1. The van der Waals surface area contributed by atoms with E-state index in [0.717, 1.165) is 0 Å². The van der Waals surface area contributed by atoms with Gasteiger partial charge in [-0.05, 0) is 18.2 Å². The van der Waals surface area contributed by atoms with Gasteiger partial charge in [-0.1, -0.05) is 6.07 Å². The lowest BCUT2D eigenvalue weighted by Gasteiger charge is -2.09. The van der Waals surface area contributed by atoms with Gasteiger partial charge in [0.25, 0.3) is 5.91 Å². The number of hydrogen-bond donors (Lipinski definition) is 3. The first-order valence-corrected chi connectivity index (χ1v) is 6.02. The van der Waals surface area contributed by atoms with Gasteiger partial charge in [-0.25, -0.2) is 9.48 Å². The van der Waals surface area contributed by atoms with Gasteiger partial charge in [0.15, 0.2) is 0 Å². The van der Waals surface area contributed by atoms with Crippen LogP contribution < -0.4 is 11.1 Å². The van der Waals surface area contributed by atoms with Crippen molar-refractivity contribution in [1.82, 2.24) is 15.1 Å². The molecule has 2 heterocycles. The van der Waals surface area contributed by atoms with E-state index in [1.165, 1.54) is 16.8 Å².